The van der Waals surface area contributed by atoms with Crippen LogP contribution in [0.25, 0.3) is 11.3 Å². The van der Waals surface area contributed by atoms with E-state index >= 15 is 0 Å². The van der Waals surface area contributed by atoms with Gasteiger partial charge in [0.2, 0.25) is 0 Å². The second-order valence-corrected chi connectivity index (χ2v) is 6.32. The highest BCUT2D eigenvalue weighted by Gasteiger charge is 2.31. The zero-order valence-electron chi connectivity index (χ0n) is 17.1. The van der Waals surface area contributed by atoms with Crippen LogP contribution in [0.3, 0.4) is 0 Å². The van der Waals surface area contributed by atoms with Gasteiger partial charge in [-0.25, -0.2) is 18.7 Å². The number of carbonyl (C=O) groups is 1. The summed E-state index contributed by atoms with van der Waals surface area (Å²) in [4.78, 5) is 21.0. The van der Waals surface area contributed by atoms with E-state index in [1.54, 1.807) is 19.1 Å². The number of ether oxygens (including phenoxy) is 1. The molecule has 8 heteroatoms. The number of hydrogen-bond donors (Lipinski definition) is 2. The Labute approximate surface area is 173 Å². The van der Waals surface area contributed by atoms with Crippen LogP contribution in [-0.4, -0.2) is 23.0 Å². The summed E-state index contributed by atoms with van der Waals surface area (Å²) in [6.45, 7) is 5.76. The first-order chi connectivity index (χ1) is 14.5. The van der Waals surface area contributed by atoms with Gasteiger partial charge in [0.1, 0.15) is 23.2 Å². The van der Waals surface area contributed by atoms with Crippen LogP contribution in [0.1, 0.15) is 42.9 Å². The number of hydrogen-bond acceptors (Lipinski definition) is 5. The fourth-order valence-corrected chi connectivity index (χ4v) is 3.14. The van der Waals surface area contributed by atoms with E-state index in [0.717, 1.165) is 12.1 Å². The molecule has 1 aromatic carbocycles. The third-order valence-corrected chi connectivity index (χ3v) is 4.49. The average molecular weight is 412 g/mol. The van der Waals surface area contributed by atoms with E-state index in [9.17, 15) is 13.6 Å². The van der Waals surface area contributed by atoms with Crippen LogP contribution in [0.4, 0.5) is 20.3 Å². The van der Waals surface area contributed by atoms with Gasteiger partial charge in [-0.05, 0) is 37.3 Å². The Hall–Kier alpha value is -3.55. The topological polar surface area (TPSA) is 76.1 Å². The molecule has 2 aromatic heterocycles. The molecule has 4 rings (SSSR count). The van der Waals surface area contributed by atoms with Crippen LogP contribution < -0.4 is 15.4 Å². The minimum Gasteiger partial charge on any atom is -0.495 e. The molecule has 0 aliphatic carbocycles. The van der Waals surface area contributed by atoms with Crippen LogP contribution in [0.15, 0.2) is 42.6 Å². The Morgan fingerprint density at radius 2 is 1.80 bits per heavy atom. The molecule has 1 atom stereocenters. The van der Waals surface area contributed by atoms with Gasteiger partial charge >= 0.3 is 0 Å². The van der Waals surface area contributed by atoms with E-state index in [4.69, 9.17) is 4.74 Å². The summed E-state index contributed by atoms with van der Waals surface area (Å²) in [6.07, 6.45) is 1.52. The zero-order chi connectivity index (χ0) is 21.8. The number of aromatic nitrogens is 2. The number of fused-ring (bicyclic) bond motifs is 1. The van der Waals surface area contributed by atoms with Crippen molar-refractivity contribution in [3.05, 3.63) is 65.5 Å². The summed E-state index contributed by atoms with van der Waals surface area (Å²) in [5, 5.41) is 5.81. The number of rotatable bonds is 4. The van der Waals surface area contributed by atoms with Gasteiger partial charge in [0, 0.05) is 0 Å². The van der Waals surface area contributed by atoms with Gasteiger partial charge in [0.05, 0.1) is 47.6 Å². The third kappa shape index (κ3) is 3.94. The largest absolute Gasteiger partial charge is 0.495 e. The number of carbonyl (C=O) groups excluding carboxylic acids is 1. The molecule has 30 heavy (non-hydrogen) atoms. The van der Waals surface area contributed by atoms with Crippen LogP contribution in [0.2, 0.25) is 0 Å². The highest BCUT2D eigenvalue weighted by atomic mass is 19.1. The lowest BCUT2D eigenvalue weighted by Crippen LogP contribution is -2.16. The van der Waals surface area contributed by atoms with E-state index in [1.807, 2.05) is 13.8 Å². The van der Waals surface area contributed by atoms with E-state index in [1.165, 1.54) is 25.4 Å². The summed E-state index contributed by atoms with van der Waals surface area (Å²) in [6, 6.07) is 8.06. The number of methoxy groups -OCH3 is 1. The van der Waals surface area contributed by atoms with Gasteiger partial charge < -0.3 is 15.4 Å². The van der Waals surface area contributed by atoms with Gasteiger partial charge in [-0.15, -0.1) is 0 Å². The van der Waals surface area contributed by atoms with Crippen LogP contribution in [0, 0.1) is 11.6 Å². The molecule has 1 aliphatic rings. The van der Waals surface area contributed by atoms with Gasteiger partial charge in [-0.3, -0.25) is 4.79 Å². The fourth-order valence-electron chi connectivity index (χ4n) is 3.14. The molecule has 156 valence electrons. The molecular weight excluding hydrogens is 390 g/mol. The van der Waals surface area contributed by atoms with Crippen molar-refractivity contribution in [1.29, 1.82) is 0 Å². The molecule has 3 heterocycles. The van der Waals surface area contributed by atoms with E-state index in [2.05, 4.69) is 20.6 Å². The number of nitrogens with zero attached hydrogens (tertiary/aromatic N) is 2. The molecular formula is C22H22F2N4O2. The monoisotopic (exact) mass is 412 g/mol. The molecule has 2 N–H and O–H groups in total. The van der Waals surface area contributed by atoms with Crippen molar-refractivity contribution in [3.8, 4) is 17.0 Å². The molecule has 0 spiro atoms. The third-order valence-electron chi connectivity index (χ3n) is 4.49. The molecule has 1 amide bonds. The smallest absolute Gasteiger partial charge is 0.255 e. The lowest BCUT2D eigenvalue weighted by atomic mass is 10.0. The molecule has 0 bridgehead atoms. The van der Waals surface area contributed by atoms with Gasteiger partial charge in [-0.1, -0.05) is 19.9 Å². The van der Waals surface area contributed by atoms with E-state index < -0.39 is 11.6 Å². The van der Waals surface area contributed by atoms with Crippen molar-refractivity contribution in [2.75, 3.05) is 12.4 Å². The van der Waals surface area contributed by atoms with Gasteiger partial charge in [0.25, 0.3) is 5.91 Å². The van der Waals surface area contributed by atoms with Crippen LogP contribution >= 0.6 is 0 Å². The molecule has 6 nitrogen and oxygen atoms in total. The fraction of sp³-hybridized carbons (Fsp3) is 0.227. The Kier molecular flexibility index (Phi) is 6.25. The first-order valence-electron chi connectivity index (χ1n) is 9.55. The maximum absolute atomic E-state index is 14.3. The van der Waals surface area contributed by atoms with Crippen molar-refractivity contribution >= 4 is 17.4 Å². The summed E-state index contributed by atoms with van der Waals surface area (Å²) in [7, 11) is 1.53. The van der Waals surface area contributed by atoms with Gasteiger partial charge in [0.15, 0.2) is 0 Å². The highest BCUT2D eigenvalue weighted by molar-refractivity contribution is 6.04. The van der Waals surface area contributed by atoms with Crippen molar-refractivity contribution in [3.63, 3.8) is 0 Å². The number of benzene rings is 1. The molecule has 0 radical (unpaired) electrons. The quantitative estimate of drug-likeness (QED) is 0.630. The molecule has 1 unspecified atom stereocenters. The maximum Gasteiger partial charge on any atom is 0.255 e. The van der Waals surface area contributed by atoms with E-state index in [-0.39, 0.29) is 23.2 Å². The second-order valence-electron chi connectivity index (χ2n) is 6.32. The van der Waals surface area contributed by atoms with Crippen LogP contribution in [-0.2, 0) is 0 Å². The van der Waals surface area contributed by atoms with Gasteiger partial charge in [-0.2, -0.15) is 0 Å². The summed E-state index contributed by atoms with van der Waals surface area (Å²) in [5.41, 5.74) is 0.949. The Balaban J connectivity index is 0.00000124. The minimum absolute atomic E-state index is 0.0914. The van der Waals surface area contributed by atoms with Crippen molar-refractivity contribution < 1.29 is 18.3 Å². The maximum atomic E-state index is 14.3. The number of pyridine rings is 2. The lowest BCUT2D eigenvalue weighted by Gasteiger charge is -2.13. The first kappa shape index (κ1) is 21.2. The highest BCUT2D eigenvalue weighted by Crippen LogP contribution is 2.36. The second kappa shape index (κ2) is 8.86. The van der Waals surface area contributed by atoms with E-state index in [0.29, 0.717) is 28.5 Å². The summed E-state index contributed by atoms with van der Waals surface area (Å²) < 4.78 is 33.7. The van der Waals surface area contributed by atoms with Crippen molar-refractivity contribution in [2.45, 2.75) is 26.8 Å². The average Bonchev–Trinajstić information content (AvgIpc) is 3.04. The van der Waals surface area contributed by atoms with Crippen LogP contribution in [0.5, 0.6) is 5.75 Å². The molecule has 0 saturated carbocycles. The zero-order valence-corrected chi connectivity index (χ0v) is 17.1. The normalized spacial score (nSPS) is 14.3. The Bertz CT molecular complexity index is 1050. The number of halogens is 2. The number of nitrogens with one attached hydrogen (secondary N) is 2. The lowest BCUT2D eigenvalue weighted by molar-refractivity contribution is 0.0959. The number of anilines is 2. The summed E-state index contributed by atoms with van der Waals surface area (Å²) in [5.74, 6) is -0.754. The SMILES string of the molecule is CC.COc1ccc(Nc2cc(-c3c(F)cccc3F)nc3c2C(=O)NC3C)nc1. The predicted octanol–water partition coefficient (Wildman–Crippen LogP) is 5.00. The minimum atomic E-state index is -0.731. The first-order valence-corrected chi connectivity index (χ1v) is 9.55. The number of amides is 1. The molecule has 0 fully saturated rings. The predicted molar refractivity (Wildman–Crippen MR) is 111 cm³/mol. The Morgan fingerprint density at radius 1 is 1.10 bits per heavy atom. The van der Waals surface area contributed by atoms with Crippen molar-refractivity contribution in [2.24, 2.45) is 0 Å². The summed E-state index contributed by atoms with van der Waals surface area (Å²) >= 11 is 0. The molecule has 3 aromatic rings. The van der Waals surface area contributed by atoms with Crippen molar-refractivity contribution in [1.82, 2.24) is 15.3 Å². The molecule has 1 aliphatic heterocycles. The standard InChI is InChI=1S/C20H16F2N4O2.C2H6/c1-10-19-18(20(27)24-10)15(25-16-7-6-11(28-2)9-23-16)8-14(26-19)17-12(21)4-3-5-13(17)22;1-2/h3-10H,1-2H3,(H,24,27)(H,23,25,26);1-2H3. The molecule has 0 saturated heterocycles. The Morgan fingerprint density at radius 3 is 2.40 bits per heavy atom.